The first kappa shape index (κ1) is 18.9. The Morgan fingerprint density at radius 2 is 2.12 bits per heavy atom. The van der Waals surface area contributed by atoms with E-state index in [-0.39, 0.29) is 17.6 Å². The smallest absolute Gasteiger partial charge is 0.257 e. The minimum atomic E-state index is -0.379. The summed E-state index contributed by atoms with van der Waals surface area (Å²) in [5.41, 5.74) is 1.26. The van der Waals surface area contributed by atoms with Crippen molar-refractivity contribution in [2.45, 2.75) is 65.2 Å². The Morgan fingerprint density at radius 3 is 2.71 bits per heavy atom. The van der Waals surface area contributed by atoms with Crippen LogP contribution in [0.25, 0.3) is 0 Å². The molecular weight excluding hydrogens is 306 g/mol. The van der Waals surface area contributed by atoms with Gasteiger partial charge in [-0.3, -0.25) is 9.48 Å². The molecule has 6 nitrogen and oxygen atoms in total. The summed E-state index contributed by atoms with van der Waals surface area (Å²) in [5.74, 6) is 0.0298. The summed E-state index contributed by atoms with van der Waals surface area (Å²) in [7, 11) is 1.65. The highest BCUT2D eigenvalue weighted by atomic mass is 16.5. The fourth-order valence-electron chi connectivity index (χ4n) is 3.53. The van der Waals surface area contributed by atoms with E-state index >= 15 is 0 Å². The highest BCUT2D eigenvalue weighted by Crippen LogP contribution is 2.25. The molecule has 1 amide bonds. The molecule has 136 valence electrons. The second-order valence-electron chi connectivity index (χ2n) is 7.20. The van der Waals surface area contributed by atoms with Crippen LogP contribution >= 0.6 is 0 Å². The highest BCUT2D eigenvalue weighted by molar-refractivity contribution is 5.95. The van der Waals surface area contributed by atoms with Crippen molar-refractivity contribution in [3.05, 3.63) is 17.5 Å². The number of methoxy groups -OCH3 is 1. The molecule has 1 atom stereocenters. The summed E-state index contributed by atoms with van der Waals surface area (Å²) in [5, 5.41) is 4.48. The first-order chi connectivity index (χ1) is 11.3. The molecule has 0 spiro atoms. The molecule has 0 saturated carbocycles. The van der Waals surface area contributed by atoms with Crippen molar-refractivity contribution < 1.29 is 14.3 Å². The molecule has 0 unspecified atom stereocenters. The number of morpholine rings is 1. The molecule has 1 aliphatic heterocycles. The van der Waals surface area contributed by atoms with Crippen LogP contribution in [0.15, 0.2) is 6.20 Å². The molecule has 2 heterocycles. The number of ether oxygens (including phenoxy) is 2. The standard InChI is InChI=1S/C18H31N3O3/c1-7-14(8-2)21-13(3)16(9-19-21)17(22)20-10-15(11-23-6)24-18(4,5)12-20/h9,14-15H,7-8,10-12H2,1-6H3/t15-/m1/s1. The lowest BCUT2D eigenvalue weighted by Gasteiger charge is -2.42. The molecule has 1 fully saturated rings. The highest BCUT2D eigenvalue weighted by Gasteiger charge is 2.36. The molecule has 24 heavy (non-hydrogen) atoms. The summed E-state index contributed by atoms with van der Waals surface area (Å²) in [6.45, 7) is 11.9. The maximum atomic E-state index is 13.0. The molecule has 1 saturated heterocycles. The van der Waals surface area contributed by atoms with Gasteiger partial charge in [0.05, 0.1) is 36.1 Å². The van der Waals surface area contributed by atoms with Crippen LogP contribution in [0.3, 0.4) is 0 Å². The lowest BCUT2D eigenvalue weighted by molar-refractivity contribution is -0.143. The van der Waals surface area contributed by atoms with Crippen molar-refractivity contribution in [3.63, 3.8) is 0 Å². The molecular formula is C18H31N3O3. The molecule has 1 aliphatic rings. The van der Waals surface area contributed by atoms with Crippen LogP contribution in [-0.2, 0) is 9.47 Å². The third-order valence-electron chi connectivity index (χ3n) is 4.68. The summed E-state index contributed by atoms with van der Waals surface area (Å²) < 4.78 is 13.2. The van der Waals surface area contributed by atoms with E-state index in [1.807, 2.05) is 30.4 Å². The van der Waals surface area contributed by atoms with Gasteiger partial charge in [0.1, 0.15) is 0 Å². The Hall–Kier alpha value is -1.40. The molecule has 0 bridgehead atoms. The van der Waals surface area contributed by atoms with Crippen LogP contribution in [-0.4, -0.2) is 59.1 Å². The number of hydrogen-bond donors (Lipinski definition) is 0. The van der Waals surface area contributed by atoms with E-state index in [1.165, 1.54) is 0 Å². The molecule has 1 aromatic heterocycles. The second kappa shape index (κ2) is 7.66. The number of carbonyl (C=O) groups excluding carboxylic acids is 1. The van der Waals surface area contributed by atoms with E-state index in [9.17, 15) is 4.79 Å². The van der Waals surface area contributed by atoms with E-state index in [4.69, 9.17) is 9.47 Å². The maximum absolute atomic E-state index is 13.0. The normalized spacial score (nSPS) is 20.6. The van der Waals surface area contributed by atoms with E-state index in [0.29, 0.717) is 31.3 Å². The summed E-state index contributed by atoms with van der Waals surface area (Å²) in [4.78, 5) is 14.9. The average Bonchev–Trinajstić information content (AvgIpc) is 2.88. The van der Waals surface area contributed by atoms with E-state index in [1.54, 1.807) is 13.3 Å². The Bertz CT molecular complexity index is 564. The molecule has 0 N–H and O–H groups in total. The minimum Gasteiger partial charge on any atom is -0.382 e. The summed E-state index contributed by atoms with van der Waals surface area (Å²) in [6, 6.07) is 0.342. The topological polar surface area (TPSA) is 56.6 Å². The van der Waals surface area contributed by atoms with Crippen LogP contribution < -0.4 is 0 Å². The lowest BCUT2D eigenvalue weighted by atomic mass is 10.0. The molecule has 2 rings (SSSR count). The van der Waals surface area contributed by atoms with Gasteiger partial charge in [0, 0.05) is 25.9 Å². The van der Waals surface area contributed by atoms with Gasteiger partial charge in [-0.25, -0.2) is 0 Å². The first-order valence-electron chi connectivity index (χ1n) is 8.83. The third kappa shape index (κ3) is 3.98. The lowest BCUT2D eigenvalue weighted by Crippen LogP contribution is -2.55. The fraction of sp³-hybridized carbons (Fsp3) is 0.778. The Balaban J connectivity index is 2.21. The van der Waals surface area contributed by atoms with Gasteiger partial charge in [-0.05, 0) is 33.6 Å². The Morgan fingerprint density at radius 1 is 1.46 bits per heavy atom. The van der Waals surface area contributed by atoms with Gasteiger partial charge in [0.15, 0.2) is 0 Å². The maximum Gasteiger partial charge on any atom is 0.257 e. The quantitative estimate of drug-likeness (QED) is 0.801. The summed E-state index contributed by atoms with van der Waals surface area (Å²) in [6.07, 6.45) is 3.63. The van der Waals surface area contributed by atoms with E-state index < -0.39 is 0 Å². The van der Waals surface area contributed by atoms with Crippen molar-refractivity contribution in [2.75, 3.05) is 26.8 Å². The largest absolute Gasteiger partial charge is 0.382 e. The zero-order valence-electron chi connectivity index (χ0n) is 15.8. The van der Waals surface area contributed by atoms with Crippen molar-refractivity contribution >= 4 is 5.91 Å². The van der Waals surface area contributed by atoms with Gasteiger partial charge in [-0.2, -0.15) is 5.10 Å². The van der Waals surface area contributed by atoms with Crippen molar-refractivity contribution in [3.8, 4) is 0 Å². The summed E-state index contributed by atoms with van der Waals surface area (Å²) >= 11 is 0. The van der Waals surface area contributed by atoms with Gasteiger partial charge in [0.2, 0.25) is 0 Å². The van der Waals surface area contributed by atoms with Crippen molar-refractivity contribution in [1.29, 1.82) is 0 Å². The molecule has 0 aromatic carbocycles. The van der Waals surface area contributed by atoms with Gasteiger partial charge in [-0.15, -0.1) is 0 Å². The van der Waals surface area contributed by atoms with Crippen LogP contribution in [0.5, 0.6) is 0 Å². The SMILES string of the molecule is CCC(CC)n1ncc(C(=O)N2C[C@H](COC)OC(C)(C)C2)c1C. The first-order valence-corrected chi connectivity index (χ1v) is 8.83. The fourth-order valence-corrected chi connectivity index (χ4v) is 3.53. The molecule has 1 aromatic rings. The number of hydrogen-bond acceptors (Lipinski definition) is 4. The predicted octanol–water partition coefficient (Wildman–Crippen LogP) is 2.82. The van der Waals surface area contributed by atoms with Gasteiger partial charge >= 0.3 is 0 Å². The zero-order chi connectivity index (χ0) is 17.9. The molecule has 0 radical (unpaired) electrons. The monoisotopic (exact) mass is 337 g/mol. The Labute approximate surface area is 145 Å². The van der Waals surface area contributed by atoms with Gasteiger partial charge in [-0.1, -0.05) is 13.8 Å². The average molecular weight is 337 g/mol. The predicted molar refractivity (Wildman–Crippen MR) is 93.3 cm³/mol. The third-order valence-corrected chi connectivity index (χ3v) is 4.68. The number of carbonyl (C=O) groups is 1. The number of nitrogens with zero attached hydrogens (tertiary/aromatic N) is 3. The van der Waals surface area contributed by atoms with Crippen LogP contribution in [0.2, 0.25) is 0 Å². The van der Waals surface area contributed by atoms with E-state index in [0.717, 1.165) is 18.5 Å². The van der Waals surface area contributed by atoms with Crippen molar-refractivity contribution in [1.82, 2.24) is 14.7 Å². The molecule has 6 heteroatoms. The second-order valence-corrected chi connectivity index (χ2v) is 7.20. The van der Waals surface area contributed by atoms with Crippen LogP contribution in [0, 0.1) is 6.92 Å². The number of rotatable bonds is 6. The van der Waals surface area contributed by atoms with Crippen LogP contribution in [0.4, 0.5) is 0 Å². The van der Waals surface area contributed by atoms with Gasteiger partial charge < -0.3 is 14.4 Å². The molecule has 0 aliphatic carbocycles. The number of amides is 1. The zero-order valence-corrected chi connectivity index (χ0v) is 15.8. The number of aromatic nitrogens is 2. The minimum absolute atomic E-state index is 0.0298. The van der Waals surface area contributed by atoms with Crippen molar-refractivity contribution in [2.24, 2.45) is 0 Å². The Kier molecular flexibility index (Phi) is 6.04. The van der Waals surface area contributed by atoms with Crippen LogP contribution in [0.1, 0.15) is 62.6 Å². The van der Waals surface area contributed by atoms with E-state index in [2.05, 4.69) is 18.9 Å². The van der Waals surface area contributed by atoms with Gasteiger partial charge in [0.25, 0.3) is 5.91 Å².